The van der Waals surface area contributed by atoms with E-state index in [1.807, 2.05) is 23.1 Å². The molecule has 2 aliphatic rings. The van der Waals surface area contributed by atoms with Crippen LogP contribution in [0.2, 0.25) is 0 Å². The summed E-state index contributed by atoms with van der Waals surface area (Å²) in [5, 5.41) is -0.386. The van der Waals surface area contributed by atoms with Gasteiger partial charge < -0.3 is 9.64 Å². The second kappa shape index (κ2) is 6.71. The van der Waals surface area contributed by atoms with E-state index in [9.17, 15) is 9.00 Å². The Morgan fingerprint density at radius 3 is 2.68 bits per heavy atom. The average molecular weight is 386 g/mol. The van der Waals surface area contributed by atoms with Gasteiger partial charge in [0.1, 0.15) is 16.9 Å². The van der Waals surface area contributed by atoms with E-state index >= 15 is 0 Å². The molecule has 1 saturated heterocycles. The molecule has 1 aliphatic carbocycles. The Bertz CT molecular complexity index is 601. The number of hydrogen-bond donors (Lipinski definition) is 0. The van der Waals surface area contributed by atoms with Crippen LogP contribution in [0, 0.1) is 0 Å². The topological polar surface area (TPSA) is 46.6 Å². The Balaban J connectivity index is 2.00. The first-order valence-electron chi connectivity index (χ1n) is 7.63. The molecule has 1 aromatic rings. The van der Waals surface area contributed by atoms with Gasteiger partial charge in [0.25, 0.3) is 0 Å². The number of rotatable bonds is 3. The Morgan fingerprint density at radius 1 is 1.27 bits per heavy atom. The summed E-state index contributed by atoms with van der Waals surface area (Å²) in [5.74, 6) is 0.825. The van der Waals surface area contributed by atoms with E-state index in [0.29, 0.717) is 5.75 Å². The molecule has 0 spiro atoms. The molecule has 6 heteroatoms. The van der Waals surface area contributed by atoms with E-state index in [-0.39, 0.29) is 23.1 Å². The number of amides is 1. The molecule has 2 fully saturated rings. The number of methoxy groups -OCH3 is 1. The summed E-state index contributed by atoms with van der Waals surface area (Å²) in [6.45, 7) is 0. The Kier molecular flexibility index (Phi) is 4.88. The summed E-state index contributed by atoms with van der Waals surface area (Å²) in [5.41, 5.74) is 0.839. The summed E-state index contributed by atoms with van der Waals surface area (Å²) in [6.07, 6.45) is 5.53. The lowest BCUT2D eigenvalue weighted by molar-refractivity contribution is -0.131. The predicted octanol–water partition coefficient (Wildman–Crippen LogP) is 3.38. The van der Waals surface area contributed by atoms with Crippen molar-refractivity contribution in [2.24, 2.45) is 0 Å². The summed E-state index contributed by atoms with van der Waals surface area (Å²) >= 11 is 3.47. The van der Waals surface area contributed by atoms with Crippen LogP contribution in [0.5, 0.6) is 5.75 Å². The molecule has 4 nitrogen and oxygen atoms in total. The normalized spacial score (nSPS) is 26.5. The van der Waals surface area contributed by atoms with Gasteiger partial charge in [0.2, 0.25) is 5.91 Å². The quantitative estimate of drug-likeness (QED) is 0.800. The van der Waals surface area contributed by atoms with Gasteiger partial charge in [-0.2, -0.15) is 0 Å². The van der Waals surface area contributed by atoms with Gasteiger partial charge in [0.05, 0.1) is 17.9 Å². The summed E-state index contributed by atoms with van der Waals surface area (Å²) in [4.78, 5) is 14.3. The van der Waals surface area contributed by atoms with E-state index in [1.165, 1.54) is 6.42 Å². The lowest BCUT2D eigenvalue weighted by Crippen LogP contribution is -2.40. The van der Waals surface area contributed by atoms with Crippen LogP contribution in [-0.4, -0.2) is 33.9 Å². The molecule has 2 atom stereocenters. The lowest BCUT2D eigenvalue weighted by atomic mass is 9.93. The van der Waals surface area contributed by atoms with Gasteiger partial charge >= 0.3 is 0 Å². The van der Waals surface area contributed by atoms with Crippen molar-refractivity contribution in [2.75, 3.05) is 12.9 Å². The maximum Gasteiger partial charge on any atom is 0.236 e. The van der Waals surface area contributed by atoms with Gasteiger partial charge in [-0.1, -0.05) is 35.2 Å². The van der Waals surface area contributed by atoms with Crippen LogP contribution in [0.1, 0.15) is 43.0 Å². The molecule has 22 heavy (non-hydrogen) atoms. The number of ether oxygens (including phenoxy) is 1. The van der Waals surface area contributed by atoms with Crippen LogP contribution in [0.4, 0.5) is 0 Å². The third-order valence-corrected chi connectivity index (χ3v) is 6.49. The zero-order chi connectivity index (χ0) is 15.7. The SMILES string of the molecule is COc1ccc(Br)cc1C1N(C2CCCCC2)C(=O)CS1=O. The Morgan fingerprint density at radius 2 is 2.00 bits per heavy atom. The van der Waals surface area contributed by atoms with Crippen molar-refractivity contribution in [1.29, 1.82) is 0 Å². The van der Waals surface area contributed by atoms with Crippen LogP contribution in [0.3, 0.4) is 0 Å². The number of halogens is 1. The summed E-state index contributed by atoms with van der Waals surface area (Å²) in [7, 11) is 0.390. The molecule has 1 heterocycles. The molecular formula is C16H20BrNO3S. The first-order valence-corrected chi connectivity index (χ1v) is 9.81. The molecule has 120 valence electrons. The number of carbonyl (C=O) groups is 1. The number of nitrogens with zero attached hydrogens (tertiary/aromatic N) is 1. The lowest BCUT2D eigenvalue weighted by Gasteiger charge is -2.35. The highest BCUT2D eigenvalue weighted by molar-refractivity contribution is 9.10. The van der Waals surface area contributed by atoms with Gasteiger partial charge in [-0.05, 0) is 31.0 Å². The fourth-order valence-corrected chi connectivity index (χ4v) is 5.42. The fraction of sp³-hybridized carbons (Fsp3) is 0.562. The molecule has 3 rings (SSSR count). The minimum atomic E-state index is -1.22. The van der Waals surface area contributed by atoms with E-state index < -0.39 is 10.8 Å². The Labute approximate surface area is 141 Å². The second-order valence-electron chi connectivity index (χ2n) is 5.86. The third kappa shape index (κ3) is 2.95. The van der Waals surface area contributed by atoms with Gasteiger partial charge in [0, 0.05) is 16.1 Å². The fourth-order valence-electron chi connectivity index (χ4n) is 3.48. The average Bonchev–Trinajstić information content (AvgIpc) is 2.82. The van der Waals surface area contributed by atoms with Crippen LogP contribution in [0.25, 0.3) is 0 Å². The zero-order valence-electron chi connectivity index (χ0n) is 12.6. The van der Waals surface area contributed by atoms with E-state index in [2.05, 4.69) is 15.9 Å². The molecule has 0 bridgehead atoms. The third-order valence-electron chi connectivity index (χ3n) is 4.48. The molecule has 0 aromatic heterocycles. The molecular weight excluding hydrogens is 366 g/mol. The number of hydrogen-bond acceptors (Lipinski definition) is 3. The van der Waals surface area contributed by atoms with Crippen molar-refractivity contribution in [1.82, 2.24) is 4.90 Å². The smallest absolute Gasteiger partial charge is 0.236 e. The number of carbonyl (C=O) groups excluding carboxylic acids is 1. The Hall–Kier alpha value is -0.880. The van der Waals surface area contributed by atoms with Crippen molar-refractivity contribution in [2.45, 2.75) is 43.5 Å². The summed E-state index contributed by atoms with van der Waals surface area (Å²) < 4.78 is 18.9. The molecule has 1 aliphatic heterocycles. The van der Waals surface area contributed by atoms with Crippen LogP contribution < -0.4 is 4.74 Å². The maximum atomic E-state index is 12.6. The van der Waals surface area contributed by atoms with Gasteiger partial charge in [-0.25, -0.2) is 0 Å². The van der Waals surface area contributed by atoms with Crippen molar-refractivity contribution in [3.63, 3.8) is 0 Å². The van der Waals surface area contributed by atoms with E-state index in [1.54, 1.807) is 7.11 Å². The second-order valence-corrected chi connectivity index (χ2v) is 8.27. The van der Waals surface area contributed by atoms with Crippen molar-refractivity contribution >= 4 is 32.6 Å². The van der Waals surface area contributed by atoms with Crippen molar-refractivity contribution in [3.8, 4) is 5.75 Å². The minimum Gasteiger partial charge on any atom is -0.496 e. The van der Waals surface area contributed by atoms with Crippen LogP contribution >= 0.6 is 15.9 Å². The highest BCUT2D eigenvalue weighted by Gasteiger charge is 2.43. The van der Waals surface area contributed by atoms with E-state index in [0.717, 1.165) is 35.7 Å². The highest BCUT2D eigenvalue weighted by Crippen LogP contribution is 2.41. The van der Waals surface area contributed by atoms with Gasteiger partial charge in [-0.15, -0.1) is 0 Å². The maximum absolute atomic E-state index is 12.6. The van der Waals surface area contributed by atoms with Gasteiger partial charge in [0.15, 0.2) is 0 Å². The standard InChI is InChI=1S/C16H20BrNO3S/c1-21-14-8-7-11(17)9-13(14)16-18(15(19)10-22(16)20)12-5-3-2-4-6-12/h7-9,12,16H,2-6,10H2,1H3. The minimum absolute atomic E-state index is 0.0114. The molecule has 1 amide bonds. The number of benzene rings is 1. The van der Waals surface area contributed by atoms with Gasteiger partial charge in [-0.3, -0.25) is 9.00 Å². The van der Waals surface area contributed by atoms with E-state index in [4.69, 9.17) is 4.74 Å². The molecule has 1 saturated carbocycles. The van der Waals surface area contributed by atoms with Crippen LogP contribution in [-0.2, 0) is 15.6 Å². The van der Waals surface area contributed by atoms with Crippen LogP contribution in [0.15, 0.2) is 22.7 Å². The summed E-state index contributed by atoms with van der Waals surface area (Å²) in [6, 6.07) is 5.89. The predicted molar refractivity (Wildman–Crippen MR) is 90.2 cm³/mol. The largest absolute Gasteiger partial charge is 0.496 e. The zero-order valence-corrected chi connectivity index (χ0v) is 15.0. The monoisotopic (exact) mass is 385 g/mol. The highest BCUT2D eigenvalue weighted by atomic mass is 79.9. The van der Waals surface area contributed by atoms with Crippen molar-refractivity contribution < 1.29 is 13.7 Å². The first kappa shape index (κ1) is 16.0. The molecule has 2 unspecified atom stereocenters. The molecule has 0 radical (unpaired) electrons. The molecule has 0 N–H and O–H groups in total. The van der Waals surface area contributed by atoms with Crippen molar-refractivity contribution in [3.05, 3.63) is 28.2 Å². The first-order chi connectivity index (χ1) is 10.6. The molecule has 1 aromatic carbocycles.